The molecule has 23 heavy (non-hydrogen) atoms. The number of hydrogen-bond acceptors (Lipinski definition) is 4. The molecule has 3 N–H and O–H groups in total. The second-order valence-corrected chi connectivity index (χ2v) is 6.23. The molecule has 2 rings (SSSR count). The lowest BCUT2D eigenvalue weighted by atomic mass is 10.2. The fourth-order valence-electron chi connectivity index (χ4n) is 1.85. The lowest BCUT2D eigenvalue weighted by Gasteiger charge is -2.04. The second kappa shape index (κ2) is 7.08. The normalized spacial score (nSPS) is 11.4. The van der Waals surface area contributed by atoms with Crippen molar-refractivity contribution in [2.75, 3.05) is 12.4 Å². The van der Waals surface area contributed by atoms with Crippen molar-refractivity contribution < 1.29 is 17.9 Å². The summed E-state index contributed by atoms with van der Waals surface area (Å²) < 4.78 is 27.7. The summed E-state index contributed by atoms with van der Waals surface area (Å²) in [5, 5.41) is 7.63. The number of benzene rings is 2. The van der Waals surface area contributed by atoms with E-state index in [2.05, 4.69) is 5.32 Å². The number of anilines is 1. The van der Waals surface area contributed by atoms with Gasteiger partial charge in [0.2, 0.25) is 15.9 Å². The molecule has 0 spiro atoms. The molecule has 0 aromatic heterocycles. The quantitative estimate of drug-likeness (QED) is 0.818. The van der Waals surface area contributed by atoms with Crippen LogP contribution < -0.4 is 15.2 Å². The number of ether oxygens (including phenoxy) is 1. The third-order valence-corrected chi connectivity index (χ3v) is 3.86. The zero-order chi connectivity index (χ0) is 16.9. The van der Waals surface area contributed by atoms with E-state index < -0.39 is 10.0 Å². The van der Waals surface area contributed by atoms with E-state index in [1.807, 2.05) is 12.1 Å². The van der Waals surface area contributed by atoms with E-state index in [4.69, 9.17) is 9.88 Å². The van der Waals surface area contributed by atoms with Crippen molar-refractivity contribution >= 4 is 27.7 Å². The van der Waals surface area contributed by atoms with Crippen molar-refractivity contribution in [2.45, 2.75) is 4.90 Å². The maximum absolute atomic E-state index is 11.9. The molecule has 2 aromatic carbocycles. The molecule has 0 saturated carbocycles. The molecule has 0 aliphatic rings. The summed E-state index contributed by atoms with van der Waals surface area (Å²) in [5.41, 5.74) is 1.15. The van der Waals surface area contributed by atoms with Gasteiger partial charge in [0.1, 0.15) is 5.75 Å². The number of amides is 1. The van der Waals surface area contributed by atoms with Gasteiger partial charge in [0.25, 0.3) is 0 Å². The molecule has 0 radical (unpaired) electrons. The average molecular weight is 332 g/mol. The number of sulfonamides is 1. The maximum Gasteiger partial charge on any atom is 0.248 e. The molecule has 6 nitrogen and oxygen atoms in total. The van der Waals surface area contributed by atoms with Gasteiger partial charge in [0.15, 0.2) is 0 Å². The van der Waals surface area contributed by atoms with Crippen LogP contribution in [0.4, 0.5) is 5.69 Å². The molecule has 0 atom stereocenters. The molecule has 120 valence electrons. The van der Waals surface area contributed by atoms with E-state index in [1.54, 1.807) is 31.4 Å². The number of rotatable bonds is 5. The van der Waals surface area contributed by atoms with Gasteiger partial charge in [-0.15, -0.1) is 0 Å². The van der Waals surface area contributed by atoms with Gasteiger partial charge in [0, 0.05) is 11.8 Å². The van der Waals surface area contributed by atoms with Gasteiger partial charge in [-0.1, -0.05) is 18.2 Å². The number of carbonyl (C=O) groups excluding carboxylic acids is 1. The maximum atomic E-state index is 11.9. The van der Waals surface area contributed by atoms with Crippen LogP contribution in [-0.2, 0) is 14.8 Å². The van der Waals surface area contributed by atoms with Crippen LogP contribution in [0, 0.1) is 0 Å². The van der Waals surface area contributed by atoms with E-state index in [0.717, 1.165) is 5.56 Å². The molecular weight excluding hydrogens is 316 g/mol. The number of primary sulfonamides is 1. The Morgan fingerprint density at radius 2 is 1.91 bits per heavy atom. The minimum Gasteiger partial charge on any atom is -0.497 e. The van der Waals surface area contributed by atoms with Gasteiger partial charge in [0.05, 0.1) is 12.0 Å². The van der Waals surface area contributed by atoms with Crippen molar-refractivity contribution in [3.8, 4) is 5.75 Å². The Morgan fingerprint density at radius 3 is 2.61 bits per heavy atom. The highest BCUT2D eigenvalue weighted by Crippen LogP contribution is 2.15. The SMILES string of the molecule is COc1cccc(C=CC(=O)Nc2cccc(S(N)(=O)=O)c2)c1. The van der Waals surface area contributed by atoms with Crippen LogP contribution in [0.25, 0.3) is 6.08 Å². The minimum absolute atomic E-state index is 0.0629. The Kier molecular flexibility index (Phi) is 5.15. The highest BCUT2D eigenvalue weighted by atomic mass is 32.2. The second-order valence-electron chi connectivity index (χ2n) is 4.67. The summed E-state index contributed by atoms with van der Waals surface area (Å²) in [5.74, 6) is 0.299. The van der Waals surface area contributed by atoms with Crippen molar-refractivity contribution in [1.82, 2.24) is 0 Å². The fraction of sp³-hybridized carbons (Fsp3) is 0.0625. The first-order valence-electron chi connectivity index (χ1n) is 6.64. The molecule has 1 amide bonds. The summed E-state index contributed by atoms with van der Waals surface area (Å²) >= 11 is 0. The van der Waals surface area contributed by atoms with E-state index in [9.17, 15) is 13.2 Å². The van der Waals surface area contributed by atoms with E-state index in [0.29, 0.717) is 11.4 Å². The van der Waals surface area contributed by atoms with Gasteiger partial charge in [-0.25, -0.2) is 13.6 Å². The molecule has 0 aliphatic heterocycles. The van der Waals surface area contributed by atoms with E-state index >= 15 is 0 Å². The van der Waals surface area contributed by atoms with E-state index in [-0.39, 0.29) is 10.8 Å². The predicted octanol–water partition coefficient (Wildman–Crippen LogP) is 1.99. The number of nitrogens with two attached hydrogens (primary N) is 1. The van der Waals surface area contributed by atoms with Crippen LogP contribution in [-0.4, -0.2) is 21.4 Å². The third kappa shape index (κ3) is 4.94. The highest BCUT2D eigenvalue weighted by molar-refractivity contribution is 7.89. The lowest BCUT2D eigenvalue weighted by Crippen LogP contribution is -2.13. The summed E-state index contributed by atoms with van der Waals surface area (Å²) in [4.78, 5) is 11.8. The molecule has 0 bridgehead atoms. The molecule has 7 heteroatoms. The fourth-order valence-corrected chi connectivity index (χ4v) is 2.41. The Hall–Kier alpha value is -2.64. The van der Waals surface area contributed by atoms with Crippen LogP contribution in [0.3, 0.4) is 0 Å². The molecule has 2 aromatic rings. The van der Waals surface area contributed by atoms with Crippen molar-refractivity contribution in [3.05, 3.63) is 60.2 Å². The lowest BCUT2D eigenvalue weighted by molar-refractivity contribution is -0.111. The number of hydrogen-bond donors (Lipinski definition) is 2. The molecular formula is C16H16N2O4S. The Morgan fingerprint density at radius 1 is 1.17 bits per heavy atom. The zero-order valence-electron chi connectivity index (χ0n) is 12.4. The van der Waals surface area contributed by atoms with Gasteiger partial charge < -0.3 is 10.1 Å². The average Bonchev–Trinajstić information content (AvgIpc) is 2.52. The predicted molar refractivity (Wildman–Crippen MR) is 88.5 cm³/mol. The molecule has 0 heterocycles. The third-order valence-electron chi connectivity index (χ3n) is 2.95. The van der Waals surface area contributed by atoms with Gasteiger partial charge in [-0.2, -0.15) is 0 Å². The molecule has 0 saturated heterocycles. The first kappa shape index (κ1) is 16.7. The smallest absolute Gasteiger partial charge is 0.248 e. The summed E-state index contributed by atoms with van der Waals surface area (Å²) in [6.07, 6.45) is 2.97. The molecule has 0 unspecified atom stereocenters. The standard InChI is InChI=1S/C16H16N2O4S/c1-22-14-6-2-4-12(10-14)8-9-16(19)18-13-5-3-7-15(11-13)23(17,20)21/h2-11H,1H3,(H,18,19)(H2,17,20,21). The van der Waals surface area contributed by atoms with Crippen molar-refractivity contribution in [3.63, 3.8) is 0 Å². The van der Waals surface area contributed by atoms with Gasteiger partial charge in [-0.05, 0) is 42.0 Å². The summed E-state index contributed by atoms with van der Waals surface area (Å²) in [6.45, 7) is 0. The number of methoxy groups -OCH3 is 1. The van der Waals surface area contributed by atoms with Crippen LogP contribution >= 0.6 is 0 Å². The van der Waals surface area contributed by atoms with Crippen LogP contribution in [0.2, 0.25) is 0 Å². The van der Waals surface area contributed by atoms with Gasteiger partial charge in [-0.3, -0.25) is 4.79 Å². The zero-order valence-corrected chi connectivity index (χ0v) is 13.2. The Balaban J connectivity index is 2.09. The van der Waals surface area contributed by atoms with Crippen molar-refractivity contribution in [2.24, 2.45) is 5.14 Å². The monoisotopic (exact) mass is 332 g/mol. The Labute approximate surface area is 134 Å². The Bertz CT molecular complexity index is 845. The number of nitrogens with one attached hydrogen (secondary N) is 1. The van der Waals surface area contributed by atoms with Gasteiger partial charge >= 0.3 is 0 Å². The van der Waals surface area contributed by atoms with Crippen molar-refractivity contribution in [1.29, 1.82) is 0 Å². The molecule has 0 aliphatic carbocycles. The first-order chi connectivity index (χ1) is 10.9. The first-order valence-corrected chi connectivity index (χ1v) is 8.19. The largest absolute Gasteiger partial charge is 0.497 e. The summed E-state index contributed by atoms with van der Waals surface area (Å²) in [6, 6.07) is 13.0. The summed E-state index contributed by atoms with van der Waals surface area (Å²) in [7, 11) is -2.24. The highest BCUT2D eigenvalue weighted by Gasteiger charge is 2.08. The van der Waals surface area contributed by atoms with Crippen LogP contribution in [0.15, 0.2) is 59.5 Å². The van der Waals surface area contributed by atoms with Crippen LogP contribution in [0.1, 0.15) is 5.56 Å². The number of carbonyl (C=O) groups is 1. The minimum atomic E-state index is -3.81. The van der Waals surface area contributed by atoms with E-state index in [1.165, 1.54) is 24.3 Å². The van der Waals surface area contributed by atoms with Crippen LogP contribution in [0.5, 0.6) is 5.75 Å². The topological polar surface area (TPSA) is 98.5 Å². The molecule has 0 fully saturated rings.